The van der Waals surface area contributed by atoms with Crippen molar-refractivity contribution in [3.63, 3.8) is 0 Å². The molecule has 2 aromatic heterocycles. The fraction of sp³-hybridized carbons (Fsp3) is 0.235. The van der Waals surface area contributed by atoms with Crippen molar-refractivity contribution in [3.8, 4) is 10.4 Å². The molecule has 2 heterocycles. The van der Waals surface area contributed by atoms with Gasteiger partial charge in [0.05, 0.1) is 0 Å². The van der Waals surface area contributed by atoms with Gasteiger partial charge in [0.1, 0.15) is 0 Å². The Bertz CT molecular complexity index is 759. The lowest BCUT2D eigenvalue weighted by Crippen LogP contribution is -1.95. The first-order valence-electron chi connectivity index (χ1n) is 6.93. The Morgan fingerprint density at radius 2 is 1.90 bits per heavy atom. The van der Waals surface area contributed by atoms with E-state index in [1.165, 1.54) is 31.9 Å². The molecular formula is C17H17NS2. The van der Waals surface area contributed by atoms with Crippen LogP contribution >= 0.6 is 24.0 Å². The summed E-state index contributed by atoms with van der Waals surface area (Å²) < 4.78 is 1.29. The Morgan fingerprint density at radius 1 is 1.05 bits per heavy atom. The standard InChI is InChI=1S/C17H17NS2/c1-3-12-6-8-14(15(4-2)18-12)17-9-11-5-7-13(19)10-16(11)20-17/h5-10,19H,3-4H2,1-2H3. The molecule has 0 bridgehead atoms. The highest BCUT2D eigenvalue weighted by molar-refractivity contribution is 7.80. The Balaban J connectivity index is 2.14. The fourth-order valence-corrected chi connectivity index (χ4v) is 3.83. The van der Waals surface area contributed by atoms with Crippen molar-refractivity contribution in [2.75, 3.05) is 0 Å². The molecule has 20 heavy (non-hydrogen) atoms. The summed E-state index contributed by atoms with van der Waals surface area (Å²) >= 11 is 6.23. The maximum atomic E-state index is 4.77. The minimum atomic E-state index is 0.967. The van der Waals surface area contributed by atoms with Crippen LogP contribution in [0.15, 0.2) is 41.3 Å². The molecule has 0 spiro atoms. The van der Waals surface area contributed by atoms with E-state index in [0.29, 0.717) is 0 Å². The van der Waals surface area contributed by atoms with Crippen molar-refractivity contribution >= 4 is 34.1 Å². The SMILES string of the molecule is CCc1ccc(-c2cc3ccc(S)cc3s2)c(CC)n1. The van der Waals surface area contributed by atoms with Crippen LogP contribution in [0.4, 0.5) is 0 Å². The molecule has 0 unspecified atom stereocenters. The van der Waals surface area contributed by atoms with Gasteiger partial charge in [-0.05, 0) is 48.6 Å². The van der Waals surface area contributed by atoms with E-state index in [-0.39, 0.29) is 0 Å². The van der Waals surface area contributed by atoms with Gasteiger partial charge in [-0.3, -0.25) is 4.98 Å². The first kappa shape index (κ1) is 13.7. The third-order valence-corrected chi connectivity index (χ3v) is 4.91. The summed E-state index contributed by atoms with van der Waals surface area (Å²) in [6.07, 6.45) is 1.96. The van der Waals surface area contributed by atoms with Gasteiger partial charge in [0.15, 0.2) is 0 Å². The molecule has 3 aromatic rings. The molecule has 1 nitrogen and oxygen atoms in total. The van der Waals surface area contributed by atoms with Crippen molar-refractivity contribution in [2.24, 2.45) is 0 Å². The lowest BCUT2D eigenvalue weighted by atomic mass is 10.1. The average molecular weight is 299 g/mol. The predicted molar refractivity (Wildman–Crippen MR) is 91.1 cm³/mol. The zero-order valence-corrected chi connectivity index (χ0v) is 13.4. The quantitative estimate of drug-likeness (QED) is 0.641. The molecule has 102 valence electrons. The molecule has 0 radical (unpaired) electrons. The minimum absolute atomic E-state index is 0.967. The molecule has 1 aromatic carbocycles. The number of thiol groups is 1. The molecule has 3 rings (SSSR count). The fourth-order valence-electron chi connectivity index (χ4n) is 2.39. The molecule has 0 aliphatic carbocycles. The van der Waals surface area contributed by atoms with Gasteiger partial charge in [0.25, 0.3) is 0 Å². The van der Waals surface area contributed by atoms with Gasteiger partial charge >= 0.3 is 0 Å². The van der Waals surface area contributed by atoms with Gasteiger partial charge in [0.2, 0.25) is 0 Å². The molecule has 0 saturated heterocycles. The monoisotopic (exact) mass is 299 g/mol. The number of nitrogens with zero attached hydrogens (tertiary/aromatic N) is 1. The van der Waals surface area contributed by atoms with Gasteiger partial charge in [-0.2, -0.15) is 0 Å². The number of hydrogen-bond donors (Lipinski definition) is 1. The Labute approximate surface area is 129 Å². The van der Waals surface area contributed by atoms with Crippen molar-refractivity contribution < 1.29 is 0 Å². The van der Waals surface area contributed by atoms with E-state index in [9.17, 15) is 0 Å². The van der Waals surface area contributed by atoms with E-state index in [1.54, 1.807) is 0 Å². The topological polar surface area (TPSA) is 12.9 Å². The minimum Gasteiger partial charge on any atom is -0.257 e. The van der Waals surface area contributed by atoms with E-state index >= 15 is 0 Å². The number of rotatable bonds is 3. The molecule has 3 heteroatoms. The van der Waals surface area contributed by atoms with Crippen molar-refractivity contribution in [3.05, 3.63) is 47.8 Å². The predicted octanol–water partition coefficient (Wildman–Crippen LogP) is 5.38. The third-order valence-electron chi connectivity index (χ3n) is 3.50. The maximum absolute atomic E-state index is 4.77. The number of aromatic nitrogens is 1. The van der Waals surface area contributed by atoms with Crippen LogP contribution in [-0.4, -0.2) is 4.98 Å². The van der Waals surface area contributed by atoms with Crippen LogP contribution in [0.5, 0.6) is 0 Å². The highest BCUT2D eigenvalue weighted by Crippen LogP contribution is 2.36. The first-order valence-corrected chi connectivity index (χ1v) is 8.19. The molecule has 0 aliphatic heterocycles. The van der Waals surface area contributed by atoms with E-state index in [4.69, 9.17) is 4.98 Å². The van der Waals surface area contributed by atoms with Gasteiger partial charge < -0.3 is 0 Å². The Morgan fingerprint density at radius 3 is 2.65 bits per heavy atom. The molecule has 0 aliphatic rings. The largest absolute Gasteiger partial charge is 0.257 e. The van der Waals surface area contributed by atoms with Crippen LogP contribution in [0.25, 0.3) is 20.5 Å². The molecule has 0 N–H and O–H groups in total. The molecular weight excluding hydrogens is 282 g/mol. The van der Waals surface area contributed by atoms with Crippen molar-refractivity contribution in [1.82, 2.24) is 4.98 Å². The molecule has 0 atom stereocenters. The highest BCUT2D eigenvalue weighted by Gasteiger charge is 2.10. The highest BCUT2D eigenvalue weighted by atomic mass is 32.1. The number of hydrogen-bond acceptors (Lipinski definition) is 3. The van der Waals surface area contributed by atoms with Gasteiger partial charge in [0, 0.05) is 31.4 Å². The lowest BCUT2D eigenvalue weighted by Gasteiger charge is -2.06. The van der Waals surface area contributed by atoms with E-state index in [2.05, 4.69) is 56.8 Å². The molecule has 0 fully saturated rings. The zero-order valence-electron chi connectivity index (χ0n) is 11.7. The summed E-state index contributed by atoms with van der Waals surface area (Å²) in [7, 11) is 0. The van der Waals surface area contributed by atoms with Crippen LogP contribution in [0.1, 0.15) is 25.2 Å². The number of fused-ring (bicyclic) bond motifs is 1. The number of aryl methyl sites for hydroxylation is 2. The third kappa shape index (κ3) is 2.48. The van der Waals surface area contributed by atoms with Gasteiger partial charge in [-0.1, -0.05) is 19.9 Å². The summed E-state index contributed by atoms with van der Waals surface area (Å²) in [6, 6.07) is 12.9. The second-order valence-corrected chi connectivity index (χ2v) is 6.44. The summed E-state index contributed by atoms with van der Waals surface area (Å²) in [5.41, 5.74) is 3.64. The number of thiophene rings is 1. The van der Waals surface area contributed by atoms with E-state index in [1.807, 2.05) is 17.4 Å². The van der Waals surface area contributed by atoms with Gasteiger partial charge in [-0.15, -0.1) is 24.0 Å². The van der Waals surface area contributed by atoms with Crippen LogP contribution in [0, 0.1) is 0 Å². The van der Waals surface area contributed by atoms with Crippen LogP contribution in [0.2, 0.25) is 0 Å². The Kier molecular flexibility index (Phi) is 3.81. The van der Waals surface area contributed by atoms with Crippen molar-refractivity contribution in [1.29, 1.82) is 0 Å². The van der Waals surface area contributed by atoms with Crippen LogP contribution in [-0.2, 0) is 12.8 Å². The summed E-state index contributed by atoms with van der Waals surface area (Å²) in [4.78, 5) is 7.08. The van der Waals surface area contributed by atoms with Crippen LogP contribution in [0.3, 0.4) is 0 Å². The Hall–Kier alpha value is -1.32. The number of benzene rings is 1. The summed E-state index contributed by atoms with van der Waals surface area (Å²) in [5, 5.41) is 1.28. The lowest BCUT2D eigenvalue weighted by molar-refractivity contribution is 0.958. The van der Waals surface area contributed by atoms with Crippen molar-refractivity contribution in [2.45, 2.75) is 31.6 Å². The molecule has 0 saturated carbocycles. The van der Waals surface area contributed by atoms with E-state index < -0.39 is 0 Å². The second-order valence-electron chi connectivity index (χ2n) is 4.84. The second kappa shape index (κ2) is 5.58. The van der Waals surface area contributed by atoms with Crippen LogP contribution < -0.4 is 0 Å². The molecule has 0 amide bonds. The normalized spacial score (nSPS) is 11.2. The van der Waals surface area contributed by atoms with Gasteiger partial charge in [-0.25, -0.2) is 0 Å². The summed E-state index contributed by atoms with van der Waals surface area (Å²) in [5.74, 6) is 0. The summed E-state index contributed by atoms with van der Waals surface area (Å²) in [6.45, 7) is 4.32. The average Bonchev–Trinajstić information content (AvgIpc) is 2.89. The van der Waals surface area contributed by atoms with E-state index in [0.717, 1.165) is 17.7 Å². The zero-order chi connectivity index (χ0) is 14.1. The maximum Gasteiger partial charge on any atom is 0.0490 e. The number of pyridine rings is 1. The first-order chi connectivity index (χ1) is 9.71. The smallest absolute Gasteiger partial charge is 0.0490 e.